The topological polar surface area (TPSA) is 52.9 Å². The van der Waals surface area contributed by atoms with Crippen molar-refractivity contribution in [1.82, 2.24) is 4.90 Å². The van der Waals surface area contributed by atoms with E-state index >= 15 is 0 Å². The minimum Gasteiger partial charge on any atom is -0.392 e. The summed E-state index contributed by atoms with van der Waals surface area (Å²) >= 11 is 0. The summed E-state index contributed by atoms with van der Waals surface area (Å²) in [6, 6.07) is 30.3. The highest BCUT2D eigenvalue weighted by molar-refractivity contribution is 5.29. The summed E-state index contributed by atoms with van der Waals surface area (Å²) in [5.41, 5.74) is 3.21. The molecule has 0 aliphatic carbocycles. The maximum atomic E-state index is 10.7. The molecule has 0 amide bonds. The van der Waals surface area contributed by atoms with Crippen molar-refractivity contribution in [3.05, 3.63) is 108 Å². The molecule has 2 N–H and O–H groups in total. The van der Waals surface area contributed by atoms with Gasteiger partial charge in [0.15, 0.2) is 0 Å². The zero-order chi connectivity index (χ0) is 22.2. The molecule has 1 saturated heterocycles. The summed E-state index contributed by atoms with van der Waals surface area (Å²) in [7, 11) is 0. The molecular formula is C28H33NO3. The molecule has 0 bridgehead atoms. The van der Waals surface area contributed by atoms with Crippen molar-refractivity contribution in [2.75, 3.05) is 26.2 Å². The summed E-state index contributed by atoms with van der Waals surface area (Å²) in [4.78, 5) is 2.16. The number of rotatable bonds is 9. The van der Waals surface area contributed by atoms with Gasteiger partial charge in [-0.3, -0.25) is 4.90 Å². The summed E-state index contributed by atoms with van der Waals surface area (Å²) < 4.78 is 6.35. The van der Waals surface area contributed by atoms with E-state index in [1.165, 1.54) is 0 Å². The van der Waals surface area contributed by atoms with E-state index in [0.717, 1.165) is 36.1 Å². The van der Waals surface area contributed by atoms with Gasteiger partial charge in [0, 0.05) is 19.7 Å². The predicted molar refractivity (Wildman–Crippen MR) is 127 cm³/mol. The number of hydrogen-bond acceptors (Lipinski definition) is 4. The molecule has 0 saturated carbocycles. The fourth-order valence-electron chi connectivity index (χ4n) is 4.55. The SMILES string of the molecule is O[C@H](CN1CC[C@@H](CCOC(c2ccccc2)c2ccccc2)[C@H](O)C1)c1ccccc1. The largest absolute Gasteiger partial charge is 0.392 e. The van der Waals surface area contributed by atoms with Gasteiger partial charge in [0.1, 0.15) is 6.10 Å². The average molecular weight is 432 g/mol. The van der Waals surface area contributed by atoms with Crippen molar-refractivity contribution in [3.63, 3.8) is 0 Å². The van der Waals surface area contributed by atoms with Crippen LogP contribution in [0, 0.1) is 5.92 Å². The predicted octanol–water partition coefficient (Wildman–Crippen LogP) is 4.60. The third kappa shape index (κ3) is 6.05. The van der Waals surface area contributed by atoms with Gasteiger partial charge in [-0.2, -0.15) is 0 Å². The number of aliphatic hydroxyl groups is 2. The molecule has 0 radical (unpaired) electrons. The Bertz CT molecular complexity index is 880. The van der Waals surface area contributed by atoms with E-state index in [1.54, 1.807) is 0 Å². The second-order valence-electron chi connectivity index (χ2n) is 8.66. The third-order valence-corrected chi connectivity index (χ3v) is 6.40. The molecule has 3 atom stereocenters. The van der Waals surface area contributed by atoms with Gasteiger partial charge in [0.2, 0.25) is 0 Å². The molecule has 3 aromatic rings. The number of likely N-dealkylation sites (tertiary alicyclic amines) is 1. The van der Waals surface area contributed by atoms with Crippen LogP contribution in [0.15, 0.2) is 91.0 Å². The maximum Gasteiger partial charge on any atom is 0.108 e. The van der Waals surface area contributed by atoms with Gasteiger partial charge in [-0.15, -0.1) is 0 Å². The van der Waals surface area contributed by atoms with Crippen LogP contribution in [0.3, 0.4) is 0 Å². The minimum absolute atomic E-state index is 0.101. The highest BCUT2D eigenvalue weighted by Gasteiger charge is 2.29. The Kier molecular flexibility index (Phi) is 8.07. The summed E-state index contributed by atoms with van der Waals surface area (Å²) in [6.45, 7) is 2.62. The molecule has 4 rings (SSSR count). The van der Waals surface area contributed by atoms with E-state index in [-0.39, 0.29) is 12.0 Å². The summed E-state index contributed by atoms with van der Waals surface area (Å²) in [5.74, 6) is 0.215. The Morgan fingerprint density at radius 2 is 1.34 bits per heavy atom. The summed E-state index contributed by atoms with van der Waals surface area (Å²) in [5, 5.41) is 21.2. The first-order valence-electron chi connectivity index (χ1n) is 11.6. The number of benzene rings is 3. The van der Waals surface area contributed by atoms with Gasteiger partial charge < -0.3 is 14.9 Å². The van der Waals surface area contributed by atoms with Crippen LogP contribution in [0.25, 0.3) is 0 Å². The van der Waals surface area contributed by atoms with Crippen molar-refractivity contribution in [2.24, 2.45) is 5.92 Å². The van der Waals surface area contributed by atoms with Crippen LogP contribution in [0.1, 0.15) is 41.7 Å². The van der Waals surface area contributed by atoms with Crippen LogP contribution in [-0.4, -0.2) is 47.5 Å². The van der Waals surface area contributed by atoms with Crippen LogP contribution >= 0.6 is 0 Å². The molecule has 0 aromatic heterocycles. The number of hydrogen-bond donors (Lipinski definition) is 2. The number of piperidine rings is 1. The molecule has 32 heavy (non-hydrogen) atoms. The van der Waals surface area contributed by atoms with Crippen molar-refractivity contribution in [3.8, 4) is 0 Å². The van der Waals surface area contributed by atoms with Gasteiger partial charge in [-0.1, -0.05) is 91.0 Å². The molecule has 4 nitrogen and oxygen atoms in total. The molecular weight excluding hydrogens is 398 g/mol. The zero-order valence-corrected chi connectivity index (χ0v) is 18.5. The quantitative estimate of drug-likeness (QED) is 0.520. The lowest BCUT2D eigenvalue weighted by Gasteiger charge is -2.37. The second-order valence-corrected chi connectivity index (χ2v) is 8.66. The first kappa shape index (κ1) is 22.7. The Hall–Kier alpha value is -2.50. The summed E-state index contributed by atoms with van der Waals surface area (Å²) in [6.07, 6.45) is 0.707. The van der Waals surface area contributed by atoms with E-state index in [1.807, 2.05) is 66.7 Å². The van der Waals surface area contributed by atoms with E-state index in [0.29, 0.717) is 19.7 Å². The van der Waals surface area contributed by atoms with E-state index < -0.39 is 12.2 Å². The molecule has 168 valence electrons. The van der Waals surface area contributed by atoms with Crippen molar-refractivity contribution in [2.45, 2.75) is 31.2 Å². The fourth-order valence-corrected chi connectivity index (χ4v) is 4.55. The van der Waals surface area contributed by atoms with Gasteiger partial charge in [-0.05, 0) is 42.0 Å². The first-order chi connectivity index (χ1) is 15.7. The maximum absolute atomic E-state index is 10.7. The molecule has 1 fully saturated rings. The molecule has 1 heterocycles. The van der Waals surface area contributed by atoms with E-state index in [4.69, 9.17) is 4.74 Å². The van der Waals surface area contributed by atoms with Crippen molar-refractivity contribution < 1.29 is 14.9 Å². The lowest BCUT2D eigenvalue weighted by molar-refractivity contribution is -0.0154. The van der Waals surface area contributed by atoms with Gasteiger partial charge >= 0.3 is 0 Å². The Morgan fingerprint density at radius 3 is 1.88 bits per heavy atom. The smallest absolute Gasteiger partial charge is 0.108 e. The normalized spacial score (nSPS) is 20.3. The van der Waals surface area contributed by atoms with E-state index in [2.05, 4.69) is 29.2 Å². The Balaban J connectivity index is 1.28. The molecule has 1 aliphatic rings. The Morgan fingerprint density at radius 1 is 0.812 bits per heavy atom. The monoisotopic (exact) mass is 431 g/mol. The standard InChI is InChI=1S/C28H33NO3/c30-26(22-10-4-1-5-11-22)20-29-18-16-23(27(31)21-29)17-19-32-28(24-12-6-2-7-13-24)25-14-8-3-9-15-25/h1-15,23,26-28,30-31H,16-21H2/t23-,26+,27+/m0/s1. The molecule has 0 spiro atoms. The van der Waals surface area contributed by atoms with Gasteiger partial charge in [0.05, 0.1) is 12.2 Å². The number of aliphatic hydroxyl groups excluding tert-OH is 2. The first-order valence-corrected chi connectivity index (χ1v) is 11.6. The molecule has 3 aromatic carbocycles. The lowest BCUT2D eigenvalue weighted by atomic mass is 9.90. The minimum atomic E-state index is -0.527. The van der Waals surface area contributed by atoms with Crippen LogP contribution in [0.5, 0.6) is 0 Å². The third-order valence-electron chi connectivity index (χ3n) is 6.40. The zero-order valence-electron chi connectivity index (χ0n) is 18.5. The second kappa shape index (κ2) is 11.4. The number of nitrogens with zero attached hydrogens (tertiary/aromatic N) is 1. The molecule has 1 aliphatic heterocycles. The van der Waals surface area contributed by atoms with Crippen molar-refractivity contribution >= 4 is 0 Å². The molecule has 4 heteroatoms. The highest BCUT2D eigenvalue weighted by Crippen LogP contribution is 2.28. The lowest BCUT2D eigenvalue weighted by Crippen LogP contribution is -2.45. The Labute approximate surface area is 191 Å². The van der Waals surface area contributed by atoms with Crippen LogP contribution < -0.4 is 0 Å². The highest BCUT2D eigenvalue weighted by atomic mass is 16.5. The van der Waals surface area contributed by atoms with Crippen LogP contribution in [0.4, 0.5) is 0 Å². The van der Waals surface area contributed by atoms with Crippen LogP contribution in [0.2, 0.25) is 0 Å². The van der Waals surface area contributed by atoms with Gasteiger partial charge in [0.25, 0.3) is 0 Å². The fraction of sp³-hybridized carbons (Fsp3) is 0.357. The van der Waals surface area contributed by atoms with Gasteiger partial charge in [-0.25, -0.2) is 0 Å². The van der Waals surface area contributed by atoms with Crippen LogP contribution in [-0.2, 0) is 4.74 Å². The molecule has 0 unspecified atom stereocenters. The average Bonchev–Trinajstić information content (AvgIpc) is 2.84. The van der Waals surface area contributed by atoms with Crippen molar-refractivity contribution in [1.29, 1.82) is 0 Å². The number of ether oxygens (including phenoxy) is 1. The van der Waals surface area contributed by atoms with E-state index in [9.17, 15) is 10.2 Å². The number of β-amino-alcohol motifs (C(OH)–C–C–N with tert-alkyl or cyclic N) is 2.